The fourth-order valence-electron chi connectivity index (χ4n) is 2.37. The molecule has 5 nitrogen and oxygen atoms in total. The average Bonchev–Trinajstić information content (AvgIpc) is 3.37. The highest BCUT2D eigenvalue weighted by Gasteiger charge is 2.23. The van der Waals surface area contributed by atoms with Crippen molar-refractivity contribution in [3.8, 4) is 0 Å². The minimum atomic E-state index is 0. The molecule has 0 spiro atoms. The van der Waals surface area contributed by atoms with Crippen LogP contribution in [0.1, 0.15) is 28.8 Å². The van der Waals surface area contributed by atoms with Gasteiger partial charge in [-0.15, -0.1) is 24.0 Å². The Morgan fingerprint density at radius 1 is 1.35 bits per heavy atom. The molecule has 1 aromatic carbocycles. The van der Waals surface area contributed by atoms with Gasteiger partial charge in [0.1, 0.15) is 0 Å². The van der Waals surface area contributed by atoms with Crippen molar-refractivity contribution in [2.24, 2.45) is 10.7 Å². The molecule has 1 saturated heterocycles. The van der Waals surface area contributed by atoms with Crippen LogP contribution in [0.15, 0.2) is 29.3 Å². The van der Waals surface area contributed by atoms with E-state index in [1.807, 2.05) is 36.0 Å². The van der Waals surface area contributed by atoms with E-state index < -0.39 is 0 Å². The van der Waals surface area contributed by atoms with Crippen molar-refractivity contribution in [1.82, 2.24) is 10.2 Å². The minimum absolute atomic E-state index is 0. The van der Waals surface area contributed by atoms with Gasteiger partial charge in [0.25, 0.3) is 5.91 Å². The van der Waals surface area contributed by atoms with Gasteiger partial charge >= 0.3 is 0 Å². The van der Waals surface area contributed by atoms with Crippen molar-refractivity contribution in [1.29, 1.82) is 0 Å². The van der Waals surface area contributed by atoms with Crippen LogP contribution in [0, 0.1) is 0 Å². The van der Waals surface area contributed by atoms with Crippen LogP contribution in [0.5, 0.6) is 0 Å². The van der Waals surface area contributed by atoms with E-state index in [-0.39, 0.29) is 29.9 Å². The number of nitrogens with two attached hydrogens (primary N) is 1. The number of carbonyl (C=O) groups excluding carboxylic acids is 1. The van der Waals surface area contributed by atoms with Gasteiger partial charge in [0.15, 0.2) is 5.96 Å². The van der Waals surface area contributed by atoms with Gasteiger partial charge in [-0.05, 0) is 30.5 Å². The number of nitrogens with zero attached hydrogens (tertiary/aromatic N) is 2. The van der Waals surface area contributed by atoms with Crippen molar-refractivity contribution < 1.29 is 4.79 Å². The number of benzene rings is 1. The van der Waals surface area contributed by atoms with Crippen LogP contribution in [0.2, 0.25) is 0 Å². The predicted octanol–water partition coefficient (Wildman–Crippen LogP) is 2.06. The molecular weight excluding hydrogens is 423 g/mol. The molecule has 7 heteroatoms. The lowest BCUT2D eigenvalue weighted by atomic mass is 10.1. The normalized spacial score (nSPS) is 18.3. The van der Waals surface area contributed by atoms with Crippen LogP contribution in [0.25, 0.3) is 0 Å². The van der Waals surface area contributed by atoms with Crippen LogP contribution in [0.3, 0.4) is 0 Å². The summed E-state index contributed by atoms with van der Waals surface area (Å²) in [6.07, 6.45) is 2.20. The van der Waals surface area contributed by atoms with E-state index in [1.54, 1.807) is 0 Å². The van der Waals surface area contributed by atoms with E-state index in [9.17, 15) is 4.79 Å². The third-order valence-electron chi connectivity index (χ3n) is 3.86. The second-order valence-electron chi connectivity index (χ2n) is 5.72. The summed E-state index contributed by atoms with van der Waals surface area (Å²) in [7, 11) is 0. The highest BCUT2D eigenvalue weighted by molar-refractivity contribution is 14.0. The largest absolute Gasteiger partial charge is 0.370 e. The highest BCUT2D eigenvalue weighted by atomic mass is 127. The molecule has 3 N–H and O–H groups in total. The van der Waals surface area contributed by atoms with Gasteiger partial charge in [0, 0.05) is 36.2 Å². The Morgan fingerprint density at radius 3 is 2.78 bits per heavy atom. The van der Waals surface area contributed by atoms with Crippen molar-refractivity contribution in [3.63, 3.8) is 0 Å². The van der Waals surface area contributed by atoms with Crippen LogP contribution >= 0.6 is 35.7 Å². The van der Waals surface area contributed by atoms with Crippen molar-refractivity contribution in [2.45, 2.75) is 25.4 Å². The maximum Gasteiger partial charge on any atom is 0.251 e. The number of hydrogen-bond donors (Lipinski definition) is 2. The fraction of sp³-hybridized carbons (Fsp3) is 0.500. The Morgan fingerprint density at radius 2 is 2.09 bits per heavy atom. The Bertz CT molecular complexity index is 571. The molecule has 0 aromatic heterocycles. The molecular formula is C16H23IN4OS. The Kier molecular flexibility index (Phi) is 7.01. The van der Waals surface area contributed by atoms with Gasteiger partial charge < -0.3 is 16.0 Å². The summed E-state index contributed by atoms with van der Waals surface area (Å²) in [5, 5.41) is 3.00. The predicted molar refractivity (Wildman–Crippen MR) is 107 cm³/mol. The number of amides is 1. The topological polar surface area (TPSA) is 70.7 Å². The summed E-state index contributed by atoms with van der Waals surface area (Å²) in [5.41, 5.74) is 7.77. The first kappa shape index (κ1) is 18.4. The quantitative estimate of drug-likeness (QED) is 0.422. The summed E-state index contributed by atoms with van der Waals surface area (Å²) in [6, 6.07) is 8.01. The van der Waals surface area contributed by atoms with E-state index in [0.717, 1.165) is 43.0 Å². The Hall–Kier alpha value is -0.960. The molecule has 2 aliphatic rings. The summed E-state index contributed by atoms with van der Waals surface area (Å²) in [5.74, 6) is 2.82. The zero-order valence-electron chi connectivity index (χ0n) is 13.0. The maximum absolute atomic E-state index is 12.1. The number of hydrogen-bond acceptors (Lipinski definition) is 3. The van der Waals surface area contributed by atoms with Crippen LogP contribution in [-0.4, -0.2) is 47.4 Å². The molecule has 1 heterocycles. The molecule has 2 fully saturated rings. The van der Waals surface area contributed by atoms with Crippen LogP contribution in [0.4, 0.5) is 0 Å². The van der Waals surface area contributed by atoms with Gasteiger partial charge in [0.2, 0.25) is 0 Å². The first-order valence-electron chi connectivity index (χ1n) is 7.75. The third-order valence-corrected chi connectivity index (χ3v) is 4.80. The van der Waals surface area contributed by atoms with E-state index in [2.05, 4.69) is 15.2 Å². The highest BCUT2D eigenvalue weighted by Crippen LogP contribution is 2.19. The van der Waals surface area contributed by atoms with E-state index in [1.165, 1.54) is 0 Å². The standard InChI is InChI=1S/C16H22N4OS.HI/c17-16(20-6-8-22-9-7-20)18-11-12-2-1-3-13(10-12)15(21)19-14-4-5-14;/h1-3,10,14H,4-9,11H2,(H2,17,18)(H,19,21);1H. The lowest BCUT2D eigenvalue weighted by Crippen LogP contribution is -2.42. The maximum atomic E-state index is 12.1. The zero-order chi connectivity index (χ0) is 15.4. The zero-order valence-corrected chi connectivity index (χ0v) is 16.2. The van der Waals surface area contributed by atoms with E-state index >= 15 is 0 Å². The SMILES string of the molecule is I.NC(=NCc1cccc(C(=O)NC2CC2)c1)N1CCSCC1. The molecule has 0 unspecified atom stereocenters. The molecule has 1 aromatic rings. The second kappa shape index (κ2) is 8.77. The summed E-state index contributed by atoms with van der Waals surface area (Å²) < 4.78 is 0. The first-order chi connectivity index (χ1) is 10.7. The summed E-state index contributed by atoms with van der Waals surface area (Å²) in [6.45, 7) is 2.44. The van der Waals surface area contributed by atoms with Gasteiger partial charge in [-0.1, -0.05) is 12.1 Å². The molecule has 1 aliphatic carbocycles. The monoisotopic (exact) mass is 446 g/mol. The van der Waals surface area contributed by atoms with Gasteiger partial charge in [-0.3, -0.25) is 4.79 Å². The number of halogens is 1. The number of aliphatic imine (C=N–C) groups is 1. The lowest BCUT2D eigenvalue weighted by molar-refractivity contribution is 0.0951. The molecule has 1 amide bonds. The van der Waals surface area contributed by atoms with Gasteiger partial charge in [-0.2, -0.15) is 11.8 Å². The first-order valence-corrected chi connectivity index (χ1v) is 8.90. The molecule has 126 valence electrons. The molecule has 0 bridgehead atoms. The van der Waals surface area contributed by atoms with Crippen LogP contribution in [-0.2, 0) is 6.54 Å². The van der Waals surface area contributed by atoms with Gasteiger partial charge in [0.05, 0.1) is 6.54 Å². The summed E-state index contributed by atoms with van der Waals surface area (Å²) in [4.78, 5) is 18.6. The lowest BCUT2D eigenvalue weighted by Gasteiger charge is -2.27. The second-order valence-corrected chi connectivity index (χ2v) is 6.95. The third kappa shape index (κ3) is 5.56. The van der Waals surface area contributed by atoms with E-state index in [4.69, 9.17) is 5.73 Å². The molecule has 1 saturated carbocycles. The van der Waals surface area contributed by atoms with Crippen molar-refractivity contribution in [3.05, 3.63) is 35.4 Å². The molecule has 1 aliphatic heterocycles. The molecule has 3 rings (SSSR count). The number of carbonyl (C=O) groups is 1. The fourth-order valence-corrected chi connectivity index (χ4v) is 3.28. The Balaban J connectivity index is 0.00000192. The number of thioether (sulfide) groups is 1. The molecule has 0 radical (unpaired) electrons. The molecule has 0 atom stereocenters. The van der Waals surface area contributed by atoms with Crippen molar-refractivity contribution >= 4 is 47.6 Å². The number of guanidine groups is 1. The smallest absolute Gasteiger partial charge is 0.251 e. The van der Waals surface area contributed by atoms with Crippen LogP contribution < -0.4 is 11.1 Å². The average molecular weight is 446 g/mol. The number of rotatable bonds is 4. The molecule has 23 heavy (non-hydrogen) atoms. The van der Waals surface area contributed by atoms with Gasteiger partial charge in [-0.25, -0.2) is 4.99 Å². The summed E-state index contributed by atoms with van der Waals surface area (Å²) >= 11 is 1.95. The van der Waals surface area contributed by atoms with Crippen molar-refractivity contribution in [2.75, 3.05) is 24.6 Å². The number of nitrogens with one attached hydrogen (secondary N) is 1. The minimum Gasteiger partial charge on any atom is -0.370 e. The van der Waals surface area contributed by atoms with E-state index in [0.29, 0.717) is 24.1 Å². The Labute approximate surface area is 158 Å².